The molecule has 1 fully saturated rings. The van der Waals surface area contributed by atoms with Crippen molar-refractivity contribution in [2.24, 2.45) is 5.92 Å². The first kappa shape index (κ1) is 15.9. The number of hydrogen-bond acceptors (Lipinski definition) is 3. The minimum Gasteiger partial charge on any atom is -0.395 e. The molecule has 0 spiro atoms. The number of carbonyl (C=O) groups is 1. The zero-order valence-corrected chi connectivity index (χ0v) is 12.9. The van der Waals surface area contributed by atoms with Gasteiger partial charge in [-0.15, -0.1) is 0 Å². The summed E-state index contributed by atoms with van der Waals surface area (Å²) in [7, 11) is 0. The fourth-order valence-corrected chi connectivity index (χ4v) is 3.45. The first-order valence-electron chi connectivity index (χ1n) is 7.35. The Bertz CT molecular complexity index is 527. The van der Waals surface area contributed by atoms with Gasteiger partial charge in [0.05, 0.1) is 6.61 Å². The van der Waals surface area contributed by atoms with Crippen LogP contribution in [0.25, 0.3) is 0 Å². The van der Waals surface area contributed by atoms with Gasteiger partial charge in [0, 0.05) is 24.1 Å². The first-order chi connectivity index (χ1) is 10.3. The van der Waals surface area contributed by atoms with Crippen LogP contribution < -0.4 is 5.32 Å². The van der Waals surface area contributed by atoms with Gasteiger partial charge in [0.15, 0.2) is 0 Å². The summed E-state index contributed by atoms with van der Waals surface area (Å²) in [6, 6.07) is 7.33. The van der Waals surface area contributed by atoms with Crippen LogP contribution in [0, 0.1) is 17.8 Å². The van der Waals surface area contributed by atoms with Gasteiger partial charge < -0.3 is 10.4 Å². The maximum Gasteiger partial charge on any atom is 0.251 e. The molecule has 112 valence electrons. The second-order valence-corrected chi connectivity index (χ2v) is 6.35. The summed E-state index contributed by atoms with van der Waals surface area (Å²) < 4.78 is 0. The number of aliphatic hydroxyl groups excluding tert-OH is 1. The smallest absolute Gasteiger partial charge is 0.251 e. The molecule has 0 bridgehead atoms. The van der Waals surface area contributed by atoms with Crippen LogP contribution in [0.1, 0.15) is 35.2 Å². The predicted molar refractivity (Wildman–Crippen MR) is 87.4 cm³/mol. The van der Waals surface area contributed by atoms with Crippen LogP contribution in [-0.4, -0.2) is 35.7 Å². The monoisotopic (exact) mass is 303 g/mol. The summed E-state index contributed by atoms with van der Waals surface area (Å²) >= 11 is 1.99. The average molecular weight is 303 g/mol. The van der Waals surface area contributed by atoms with Crippen LogP contribution in [0.15, 0.2) is 24.3 Å². The fourth-order valence-electron chi connectivity index (χ4n) is 2.25. The maximum absolute atomic E-state index is 12.2. The van der Waals surface area contributed by atoms with E-state index < -0.39 is 0 Å². The summed E-state index contributed by atoms with van der Waals surface area (Å²) in [6.45, 7) is 0.826. The third kappa shape index (κ3) is 5.45. The van der Waals surface area contributed by atoms with Crippen molar-refractivity contribution in [3.8, 4) is 11.8 Å². The Hall–Kier alpha value is -1.44. The molecule has 3 nitrogen and oxygen atoms in total. The third-order valence-electron chi connectivity index (χ3n) is 3.49. The molecule has 1 aromatic carbocycles. The number of carbonyl (C=O) groups excluding carboxylic acids is 1. The molecule has 0 radical (unpaired) electrons. The van der Waals surface area contributed by atoms with Crippen LogP contribution in [0.5, 0.6) is 0 Å². The molecule has 1 aliphatic heterocycles. The number of thioether (sulfide) groups is 1. The highest BCUT2D eigenvalue weighted by molar-refractivity contribution is 7.99. The van der Waals surface area contributed by atoms with Crippen molar-refractivity contribution >= 4 is 17.7 Å². The summed E-state index contributed by atoms with van der Waals surface area (Å²) in [5.74, 6) is 8.82. The highest BCUT2D eigenvalue weighted by atomic mass is 32.2. The molecule has 2 N–H and O–H groups in total. The standard InChI is InChI=1S/C17H21NO2S/c19-9-2-1-4-14-5-3-6-16(12-14)17(20)18-13-15-7-10-21-11-8-15/h3,5-6,12,15,19H,2,7-11,13H2,(H,18,20). The second kappa shape index (κ2) is 8.76. The Labute approximate surface area is 130 Å². The van der Waals surface area contributed by atoms with E-state index in [4.69, 9.17) is 5.11 Å². The van der Waals surface area contributed by atoms with Gasteiger partial charge in [-0.2, -0.15) is 11.8 Å². The number of nitrogens with one attached hydrogen (secondary N) is 1. The van der Waals surface area contributed by atoms with Crippen LogP contribution in [0.2, 0.25) is 0 Å². The van der Waals surface area contributed by atoms with Crippen LogP contribution in [-0.2, 0) is 0 Å². The molecule has 1 saturated heterocycles. The van der Waals surface area contributed by atoms with Crippen LogP contribution in [0.4, 0.5) is 0 Å². The van der Waals surface area contributed by atoms with Crippen molar-refractivity contribution in [3.05, 3.63) is 35.4 Å². The van der Waals surface area contributed by atoms with E-state index in [-0.39, 0.29) is 12.5 Å². The SMILES string of the molecule is O=C(NCC1CCSCC1)c1cccc(C#CCCO)c1. The summed E-state index contributed by atoms with van der Waals surface area (Å²) in [6.07, 6.45) is 2.84. The lowest BCUT2D eigenvalue weighted by atomic mass is 10.0. The van der Waals surface area contributed by atoms with Crippen molar-refractivity contribution in [3.63, 3.8) is 0 Å². The Kier molecular flexibility index (Phi) is 6.65. The van der Waals surface area contributed by atoms with Crippen LogP contribution in [0.3, 0.4) is 0 Å². The molecule has 2 rings (SSSR count). The second-order valence-electron chi connectivity index (χ2n) is 5.12. The minimum absolute atomic E-state index is 0.0287. The molecule has 0 aromatic heterocycles. The van der Waals surface area contributed by atoms with E-state index in [2.05, 4.69) is 17.2 Å². The van der Waals surface area contributed by atoms with Gasteiger partial charge in [0.1, 0.15) is 0 Å². The molecule has 0 atom stereocenters. The van der Waals surface area contributed by atoms with Gasteiger partial charge in [0.25, 0.3) is 5.91 Å². The molecule has 0 unspecified atom stereocenters. The van der Waals surface area contributed by atoms with Crippen molar-refractivity contribution in [1.29, 1.82) is 0 Å². The summed E-state index contributed by atoms with van der Waals surface area (Å²) in [5.41, 5.74) is 1.46. The Morgan fingerprint density at radius 1 is 1.38 bits per heavy atom. The largest absolute Gasteiger partial charge is 0.395 e. The lowest BCUT2D eigenvalue weighted by Gasteiger charge is -2.21. The van der Waals surface area contributed by atoms with E-state index >= 15 is 0 Å². The first-order valence-corrected chi connectivity index (χ1v) is 8.51. The van der Waals surface area contributed by atoms with Gasteiger partial charge in [-0.3, -0.25) is 4.79 Å². The lowest BCUT2D eigenvalue weighted by Crippen LogP contribution is -2.30. The fraction of sp³-hybridized carbons (Fsp3) is 0.471. The Balaban J connectivity index is 1.89. The van der Waals surface area contributed by atoms with E-state index in [1.807, 2.05) is 30.0 Å². The molecule has 0 saturated carbocycles. The van der Waals surface area contributed by atoms with Crippen molar-refractivity contribution < 1.29 is 9.90 Å². The van der Waals surface area contributed by atoms with E-state index in [1.54, 1.807) is 6.07 Å². The molecule has 0 aliphatic carbocycles. The Morgan fingerprint density at radius 2 is 2.19 bits per heavy atom. The third-order valence-corrected chi connectivity index (χ3v) is 4.54. The summed E-state index contributed by atoms with van der Waals surface area (Å²) in [5, 5.41) is 11.7. The minimum atomic E-state index is -0.0287. The number of hydrogen-bond donors (Lipinski definition) is 2. The predicted octanol–water partition coefficient (Wildman–Crippen LogP) is 2.29. The number of aliphatic hydroxyl groups is 1. The zero-order chi connectivity index (χ0) is 14.9. The summed E-state index contributed by atoms with van der Waals surface area (Å²) in [4.78, 5) is 12.2. The average Bonchev–Trinajstić information content (AvgIpc) is 2.54. The highest BCUT2D eigenvalue weighted by Gasteiger charge is 2.15. The number of amides is 1. The van der Waals surface area contributed by atoms with Gasteiger partial charge in [-0.25, -0.2) is 0 Å². The van der Waals surface area contributed by atoms with E-state index in [1.165, 1.54) is 24.3 Å². The molecule has 4 heteroatoms. The molecular formula is C17H21NO2S. The van der Waals surface area contributed by atoms with Crippen molar-refractivity contribution in [1.82, 2.24) is 5.32 Å². The van der Waals surface area contributed by atoms with Gasteiger partial charge in [-0.05, 0) is 48.5 Å². The Morgan fingerprint density at radius 3 is 2.95 bits per heavy atom. The normalized spacial score (nSPS) is 15.1. The molecule has 1 amide bonds. The van der Waals surface area contributed by atoms with E-state index in [0.717, 1.165) is 12.1 Å². The molecule has 1 heterocycles. The van der Waals surface area contributed by atoms with E-state index in [0.29, 0.717) is 17.9 Å². The molecule has 1 aliphatic rings. The van der Waals surface area contributed by atoms with Crippen molar-refractivity contribution in [2.75, 3.05) is 24.7 Å². The molecular weight excluding hydrogens is 282 g/mol. The van der Waals surface area contributed by atoms with Gasteiger partial charge in [0.2, 0.25) is 0 Å². The number of benzene rings is 1. The zero-order valence-electron chi connectivity index (χ0n) is 12.1. The number of rotatable bonds is 4. The topological polar surface area (TPSA) is 49.3 Å². The highest BCUT2D eigenvalue weighted by Crippen LogP contribution is 2.21. The molecule has 21 heavy (non-hydrogen) atoms. The lowest BCUT2D eigenvalue weighted by molar-refractivity contribution is 0.0946. The maximum atomic E-state index is 12.2. The quantitative estimate of drug-likeness (QED) is 0.839. The van der Waals surface area contributed by atoms with Crippen molar-refractivity contribution in [2.45, 2.75) is 19.3 Å². The van der Waals surface area contributed by atoms with Gasteiger partial charge >= 0.3 is 0 Å². The van der Waals surface area contributed by atoms with Gasteiger partial charge in [-0.1, -0.05) is 17.9 Å². The van der Waals surface area contributed by atoms with Crippen LogP contribution >= 0.6 is 11.8 Å². The molecule has 1 aromatic rings. The van der Waals surface area contributed by atoms with E-state index in [9.17, 15) is 4.79 Å².